The van der Waals surface area contributed by atoms with Gasteiger partial charge in [0, 0.05) is 12.1 Å². The van der Waals surface area contributed by atoms with Crippen LogP contribution in [0.5, 0.6) is 0 Å². The topological polar surface area (TPSA) is 41.6 Å². The molecule has 2 fully saturated rings. The Morgan fingerprint density at radius 1 is 1.33 bits per heavy atom. The van der Waals surface area contributed by atoms with Gasteiger partial charge in [0.25, 0.3) is 0 Å². The van der Waals surface area contributed by atoms with Gasteiger partial charge >= 0.3 is 6.03 Å². The molecule has 4 heteroatoms. The highest BCUT2D eigenvalue weighted by Gasteiger charge is 2.39. The second-order valence-corrected chi connectivity index (χ2v) is 5.50. The van der Waals surface area contributed by atoms with E-state index in [-0.39, 0.29) is 12.1 Å². The Kier molecular flexibility index (Phi) is 4.42. The van der Waals surface area contributed by atoms with Gasteiger partial charge in [-0.15, -0.1) is 0 Å². The summed E-state index contributed by atoms with van der Waals surface area (Å²) in [6.07, 6.45) is 2.43. The number of carbonyl (C=O) groups is 1. The van der Waals surface area contributed by atoms with Crippen molar-refractivity contribution in [3.05, 3.63) is 35.9 Å². The summed E-state index contributed by atoms with van der Waals surface area (Å²) in [5.74, 6) is 6.66. The van der Waals surface area contributed by atoms with Gasteiger partial charge in [-0.05, 0) is 30.9 Å². The third-order valence-corrected chi connectivity index (χ3v) is 3.93. The lowest BCUT2D eigenvalue weighted by molar-refractivity contribution is 0.00494. The number of benzene rings is 1. The third kappa shape index (κ3) is 3.77. The van der Waals surface area contributed by atoms with E-state index in [4.69, 9.17) is 4.74 Å². The first-order valence-electron chi connectivity index (χ1n) is 7.51. The van der Waals surface area contributed by atoms with Gasteiger partial charge in [0.2, 0.25) is 0 Å². The zero-order valence-electron chi connectivity index (χ0n) is 12.0. The Morgan fingerprint density at radius 3 is 2.90 bits per heavy atom. The fraction of sp³-hybridized carbons (Fsp3) is 0.471. The molecule has 1 aromatic carbocycles. The smallest absolute Gasteiger partial charge is 0.318 e. The highest BCUT2D eigenvalue weighted by molar-refractivity contribution is 5.75. The second kappa shape index (κ2) is 6.64. The second-order valence-electron chi connectivity index (χ2n) is 5.50. The monoisotopic (exact) mass is 284 g/mol. The van der Waals surface area contributed by atoms with Crippen LogP contribution in [-0.2, 0) is 4.74 Å². The number of hydrogen-bond acceptors (Lipinski definition) is 2. The van der Waals surface area contributed by atoms with Gasteiger partial charge in [-0.1, -0.05) is 30.0 Å². The molecule has 3 rings (SSSR count). The molecule has 0 aromatic heterocycles. The van der Waals surface area contributed by atoms with E-state index in [0.29, 0.717) is 32.2 Å². The molecule has 0 spiro atoms. The maximum Gasteiger partial charge on any atom is 0.318 e. The van der Waals surface area contributed by atoms with Gasteiger partial charge in [-0.25, -0.2) is 4.79 Å². The summed E-state index contributed by atoms with van der Waals surface area (Å²) in [6.45, 7) is 2.36. The van der Waals surface area contributed by atoms with E-state index in [1.54, 1.807) is 0 Å². The predicted molar refractivity (Wildman–Crippen MR) is 80.8 cm³/mol. The minimum absolute atomic E-state index is 0.0161. The van der Waals surface area contributed by atoms with Crippen molar-refractivity contribution in [2.75, 3.05) is 26.3 Å². The Morgan fingerprint density at radius 2 is 2.14 bits per heavy atom. The molecule has 1 saturated carbocycles. The van der Waals surface area contributed by atoms with Gasteiger partial charge < -0.3 is 15.0 Å². The maximum atomic E-state index is 12.2. The quantitative estimate of drug-likeness (QED) is 0.842. The van der Waals surface area contributed by atoms with Crippen LogP contribution in [0.25, 0.3) is 0 Å². The molecule has 1 N–H and O–H groups in total. The summed E-state index contributed by atoms with van der Waals surface area (Å²) < 4.78 is 5.50. The van der Waals surface area contributed by atoms with Crippen LogP contribution in [0.3, 0.4) is 0 Å². The molecule has 1 aromatic rings. The number of rotatable bonds is 2. The van der Waals surface area contributed by atoms with Crippen molar-refractivity contribution in [2.45, 2.75) is 18.9 Å². The number of nitrogens with one attached hydrogen (secondary N) is 1. The first kappa shape index (κ1) is 14.0. The molecule has 1 saturated heterocycles. The SMILES string of the molecule is O=C(NCC#Cc1ccccc1)N1CCOC[C@H]1C1CC1. The molecule has 1 aliphatic carbocycles. The summed E-state index contributed by atoms with van der Waals surface area (Å²) in [6, 6.07) is 10.0. The molecule has 2 aliphatic rings. The Bertz CT molecular complexity index is 543. The van der Waals surface area contributed by atoms with Crippen molar-refractivity contribution in [3.63, 3.8) is 0 Å². The number of hydrogen-bond donors (Lipinski definition) is 1. The van der Waals surface area contributed by atoms with Gasteiger partial charge in [0.15, 0.2) is 0 Å². The normalized spacial score (nSPS) is 21.3. The molecule has 4 nitrogen and oxygen atoms in total. The number of morpholine rings is 1. The fourth-order valence-corrected chi connectivity index (χ4v) is 2.64. The van der Waals surface area contributed by atoms with Crippen LogP contribution in [-0.4, -0.2) is 43.3 Å². The molecular weight excluding hydrogens is 264 g/mol. The van der Waals surface area contributed by atoms with Crippen molar-refractivity contribution >= 4 is 6.03 Å². The van der Waals surface area contributed by atoms with E-state index in [0.717, 1.165) is 5.56 Å². The molecular formula is C17H20N2O2. The summed E-state index contributed by atoms with van der Waals surface area (Å²) in [4.78, 5) is 14.2. The summed E-state index contributed by atoms with van der Waals surface area (Å²) in [5.41, 5.74) is 0.967. The predicted octanol–water partition coefficient (Wildman–Crippen LogP) is 1.86. The highest BCUT2D eigenvalue weighted by atomic mass is 16.5. The minimum Gasteiger partial charge on any atom is -0.377 e. The number of amides is 2. The standard InChI is InChI=1S/C17H20N2O2/c20-17(18-10-4-7-14-5-2-1-3-6-14)19-11-12-21-13-16(19)15-8-9-15/h1-3,5-6,15-16H,8-13H2,(H,18,20)/t16-/m0/s1. The van der Waals surface area contributed by atoms with Gasteiger partial charge in [0.1, 0.15) is 0 Å². The van der Waals surface area contributed by atoms with Gasteiger partial charge in [-0.2, -0.15) is 0 Å². The third-order valence-electron chi connectivity index (χ3n) is 3.93. The van der Waals surface area contributed by atoms with Crippen LogP contribution in [0, 0.1) is 17.8 Å². The number of urea groups is 1. The van der Waals surface area contributed by atoms with E-state index in [2.05, 4.69) is 17.2 Å². The summed E-state index contributed by atoms with van der Waals surface area (Å²) in [7, 11) is 0. The van der Waals surface area contributed by atoms with Crippen molar-refractivity contribution in [2.24, 2.45) is 5.92 Å². The average Bonchev–Trinajstić information content (AvgIpc) is 3.37. The lowest BCUT2D eigenvalue weighted by Crippen LogP contribution is -2.53. The minimum atomic E-state index is -0.0161. The summed E-state index contributed by atoms with van der Waals surface area (Å²) in [5, 5.41) is 2.89. The fourth-order valence-electron chi connectivity index (χ4n) is 2.64. The molecule has 0 unspecified atom stereocenters. The summed E-state index contributed by atoms with van der Waals surface area (Å²) >= 11 is 0. The number of nitrogens with zero attached hydrogens (tertiary/aromatic N) is 1. The van der Waals surface area contributed by atoms with E-state index in [1.807, 2.05) is 35.2 Å². The molecule has 1 heterocycles. The number of ether oxygens (including phenoxy) is 1. The van der Waals surface area contributed by atoms with Crippen LogP contribution in [0.2, 0.25) is 0 Å². The Labute approximate surface area is 125 Å². The molecule has 0 radical (unpaired) electrons. The largest absolute Gasteiger partial charge is 0.377 e. The molecule has 110 valence electrons. The van der Waals surface area contributed by atoms with E-state index in [9.17, 15) is 4.79 Å². The van der Waals surface area contributed by atoms with Crippen molar-refractivity contribution in [1.82, 2.24) is 10.2 Å². The van der Waals surface area contributed by atoms with Crippen LogP contribution in [0.4, 0.5) is 4.79 Å². The Hall–Kier alpha value is -1.99. The molecule has 2 amide bonds. The van der Waals surface area contributed by atoms with E-state index < -0.39 is 0 Å². The van der Waals surface area contributed by atoms with Gasteiger partial charge in [0.05, 0.1) is 25.8 Å². The zero-order valence-corrected chi connectivity index (χ0v) is 12.0. The molecule has 0 bridgehead atoms. The number of carbonyl (C=O) groups excluding carboxylic acids is 1. The Balaban J connectivity index is 1.50. The lowest BCUT2D eigenvalue weighted by Gasteiger charge is -2.35. The van der Waals surface area contributed by atoms with Crippen LogP contribution >= 0.6 is 0 Å². The van der Waals surface area contributed by atoms with Crippen molar-refractivity contribution in [3.8, 4) is 11.8 Å². The van der Waals surface area contributed by atoms with Gasteiger partial charge in [-0.3, -0.25) is 0 Å². The average molecular weight is 284 g/mol. The van der Waals surface area contributed by atoms with Crippen LogP contribution in [0.15, 0.2) is 30.3 Å². The van der Waals surface area contributed by atoms with Crippen molar-refractivity contribution in [1.29, 1.82) is 0 Å². The lowest BCUT2D eigenvalue weighted by atomic mass is 10.1. The zero-order chi connectivity index (χ0) is 14.5. The van der Waals surface area contributed by atoms with Crippen LogP contribution in [0.1, 0.15) is 18.4 Å². The van der Waals surface area contributed by atoms with Crippen molar-refractivity contribution < 1.29 is 9.53 Å². The highest BCUT2D eigenvalue weighted by Crippen LogP contribution is 2.36. The van der Waals surface area contributed by atoms with Crippen LogP contribution < -0.4 is 5.32 Å². The maximum absolute atomic E-state index is 12.2. The first-order chi connectivity index (χ1) is 10.3. The molecule has 21 heavy (non-hydrogen) atoms. The first-order valence-corrected chi connectivity index (χ1v) is 7.51. The van der Waals surface area contributed by atoms with E-state index in [1.165, 1.54) is 12.8 Å². The molecule has 1 aliphatic heterocycles. The molecule has 1 atom stereocenters. The van der Waals surface area contributed by atoms with E-state index >= 15 is 0 Å².